The number of para-hydroxylation sites is 1. The lowest BCUT2D eigenvalue weighted by atomic mass is 10.1. The van der Waals surface area contributed by atoms with Crippen molar-refractivity contribution >= 4 is 16.8 Å². The van der Waals surface area contributed by atoms with Gasteiger partial charge in [-0.1, -0.05) is 35.5 Å². The Morgan fingerprint density at radius 3 is 2.77 bits per heavy atom. The molecule has 2 heterocycles. The summed E-state index contributed by atoms with van der Waals surface area (Å²) in [5.74, 6) is -0.695. The molecule has 1 atom stereocenters. The molecular weight excluding hydrogens is 401 g/mol. The minimum atomic E-state index is -4.51. The zero-order valence-corrected chi connectivity index (χ0v) is 15.3. The molecule has 0 spiro atoms. The van der Waals surface area contributed by atoms with Gasteiger partial charge in [0.2, 0.25) is 5.82 Å². The summed E-state index contributed by atoms with van der Waals surface area (Å²) in [7, 11) is 0. The predicted molar refractivity (Wildman–Crippen MR) is 100 cm³/mol. The first kappa shape index (κ1) is 19.6. The molecule has 4 rings (SSSR count). The number of benzene rings is 2. The lowest BCUT2D eigenvalue weighted by Crippen LogP contribution is -2.30. The van der Waals surface area contributed by atoms with Crippen molar-refractivity contribution in [3.05, 3.63) is 71.7 Å². The topological polar surface area (TPSA) is 104 Å². The van der Waals surface area contributed by atoms with Gasteiger partial charge < -0.3 is 19.9 Å². The number of hydrogen-bond donors (Lipinski definition) is 3. The molecule has 0 aliphatic rings. The van der Waals surface area contributed by atoms with E-state index in [-0.39, 0.29) is 17.3 Å². The number of aromatic amines is 1. The molecule has 0 aliphatic carbocycles. The van der Waals surface area contributed by atoms with Crippen molar-refractivity contribution in [3.8, 4) is 11.4 Å². The molecule has 0 aliphatic heterocycles. The molecule has 0 saturated heterocycles. The number of amides is 1. The monoisotopic (exact) mass is 416 g/mol. The standard InChI is InChI=1S/C20H15F3N4O3/c21-20(22,23)12-5-3-4-11(8-12)17-26-19(30-27-17)16(10-28)25-18(29)14-9-24-15-7-2-1-6-13(14)15/h1-9,16,24,28H,10H2,(H,25,29)/t16-/m0/s1. The Hall–Kier alpha value is -3.66. The average molecular weight is 416 g/mol. The van der Waals surface area contributed by atoms with Crippen LogP contribution in [-0.4, -0.2) is 32.7 Å². The van der Waals surface area contributed by atoms with Gasteiger partial charge in [-0.2, -0.15) is 18.2 Å². The maximum Gasteiger partial charge on any atom is 0.416 e. The summed E-state index contributed by atoms with van der Waals surface area (Å²) in [5.41, 5.74) is 0.381. The number of H-pyrrole nitrogens is 1. The third kappa shape index (κ3) is 3.77. The van der Waals surface area contributed by atoms with Gasteiger partial charge in [-0.15, -0.1) is 0 Å². The highest BCUT2D eigenvalue weighted by atomic mass is 19.4. The third-order valence-electron chi connectivity index (χ3n) is 4.51. The summed E-state index contributed by atoms with van der Waals surface area (Å²) in [4.78, 5) is 19.7. The number of aliphatic hydroxyl groups excluding tert-OH is 1. The molecule has 4 aromatic rings. The Morgan fingerprint density at radius 2 is 2.00 bits per heavy atom. The summed E-state index contributed by atoms with van der Waals surface area (Å²) >= 11 is 0. The molecule has 30 heavy (non-hydrogen) atoms. The maximum absolute atomic E-state index is 12.9. The number of aromatic nitrogens is 3. The Labute approximate surface area is 167 Å². The number of halogens is 3. The summed E-state index contributed by atoms with van der Waals surface area (Å²) < 4.78 is 43.8. The molecule has 0 saturated carbocycles. The number of fused-ring (bicyclic) bond motifs is 1. The van der Waals surface area contributed by atoms with Gasteiger partial charge in [0, 0.05) is 22.7 Å². The van der Waals surface area contributed by atoms with Crippen LogP contribution in [0.4, 0.5) is 13.2 Å². The van der Waals surface area contributed by atoms with Gasteiger partial charge in [0.15, 0.2) is 0 Å². The molecule has 0 fully saturated rings. The van der Waals surface area contributed by atoms with Crippen molar-refractivity contribution in [2.24, 2.45) is 0 Å². The van der Waals surface area contributed by atoms with Crippen molar-refractivity contribution in [2.45, 2.75) is 12.2 Å². The lowest BCUT2D eigenvalue weighted by molar-refractivity contribution is -0.137. The van der Waals surface area contributed by atoms with E-state index in [0.717, 1.165) is 17.6 Å². The number of nitrogens with zero attached hydrogens (tertiary/aromatic N) is 2. The smallest absolute Gasteiger partial charge is 0.394 e. The molecule has 2 aromatic heterocycles. The molecule has 3 N–H and O–H groups in total. The fraction of sp³-hybridized carbons (Fsp3) is 0.150. The Kier molecular flexibility index (Phi) is 5.00. The van der Waals surface area contributed by atoms with Gasteiger partial charge in [0.05, 0.1) is 17.7 Å². The van der Waals surface area contributed by atoms with Gasteiger partial charge >= 0.3 is 6.18 Å². The lowest BCUT2D eigenvalue weighted by Gasteiger charge is -2.11. The Balaban J connectivity index is 1.56. The minimum Gasteiger partial charge on any atom is -0.394 e. The fourth-order valence-electron chi connectivity index (χ4n) is 3.01. The number of nitrogens with one attached hydrogen (secondary N) is 2. The molecule has 7 nitrogen and oxygen atoms in total. The molecule has 1 amide bonds. The van der Waals surface area contributed by atoms with Crippen molar-refractivity contribution in [3.63, 3.8) is 0 Å². The van der Waals surface area contributed by atoms with Gasteiger partial charge in [0.1, 0.15) is 6.04 Å². The van der Waals surface area contributed by atoms with Crippen LogP contribution in [0, 0.1) is 0 Å². The van der Waals surface area contributed by atoms with E-state index in [1.807, 2.05) is 12.1 Å². The second-order valence-electron chi connectivity index (χ2n) is 6.49. The van der Waals surface area contributed by atoms with E-state index in [0.29, 0.717) is 10.9 Å². The van der Waals surface area contributed by atoms with Gasteiger partial charge in [-0.3, -0.25) is 4.79 Å². The summed E-state index contributed by atoms with van der Waals surface area (Å²) in [6.07, 6.45) is -2.97. The number of alkyl halides is 3. The van der Waals surface area contributed by atoms with E-state index in [4.69, 9.17) is 4.52 Å². The van der Waals surface area contributed by atoms with E-state index in [9.17, 15) is 23.1 Å². The predicted octanol–water partition coefficient (Wildman–Crippen LogP) is 3.70. The first-order valence-corrected chi connectivity index (χ1v) is 8.86. The van der Waals surface area contributed by atoms with E-state index in [2.05, 4.69) is 20.4 Å². The third-order valence-corrected chi connectivity index (χ3v) is 4.51. The van der Waals surface area contributed by atoms with E-state index >= 15 is 0 Å². The second-order valence-corrected chi connectivity index (χ2v) is 6.49. The second kappa shape index (κ2) is 7.64. The van der Waals surface area contributed by atoms with Crippen LogP contribution in [0.2, 0.25) is 0 Å². The first-order chi connectivity index (χ1) is 14.4. The highest BCUT2D eigenvalue weighted by Crippen LogP contribution is 2.31. The molecule has 0 radical (unpaired) electrons. The quantitative estimate of drug-likeness (QED) is 0.460. The van der Waals surface area contributed by atoms with Gasteiger partial charge in [-0.25, -0.2) is 0 Å². The van der Waals surface area contributed by atoms with Crippen LogP contribution in [0.25, 0.3) is 22.3 Å². The van der Waals surface area contributed by atoms with Crippen LogP contribution in [0.1, 0.15) is 27.9 Å². The highest BCUT2D eigenvalue weighted by molar-refractivity contribution is 6.06. The molecule has 2 aromatic carbocycles. The highest BCUT2D eigenvalue weighted by Gasteiger charge is 2.31. The normalized spacial score (nSPS) is 12.8. The molecule has 0 unspecified atom stereocenters. The number of hydrogen-bond acceptors (Lipinski definition) is 5. The Morgan fingerprint density at radius 1 is 1.20 bits per heavy atom. The summed E-state index contributed by atoms with van der Waals surface area (Å²) in [5, 5.41) is 16.6. The maximum atomic E-state index is 12.9. The fourth-order valence-corrected chi connectivity index (χ4v) is 3.01. The molecule has 154 valence electrons. The van der Waals surface area contributed by atoms with Gasteiger partial charge in [-0.05, 0) is 18.2 Å². The Bertz CT molecular complexity index is 1200. The van der Waals surface area contributed by atoms with Crippen molar-refractivity contribution in [1.29, 1.82) is 0 Å². The van der Waals surface area contributed by atoms with Crippen LogP contribution in [-0.2, 0) is 6.18 Å². The van der Waals surface area contributed by atoms with E-state index < -0.39 is 30.3 Å². The summed E-state index contributed by atoms with van der Waals surface area (Å²) in [6, 6.07) is 10.6. The largest absolute Gasteiger partial charge is 0.416 e. The minimum absolute atomic E-state index is 0.0871. The van der Waals surface area contributed by atoms with Crippen LogP contribution in [0.15, 0.2) is 59.3 Å². The SMILES string of the molecule is O=C(N[C@@H](CO)c1nc(-c2cccc(C(F)(F)F)c2)no1)c1c[nH]c2ccccc12. The van der Waals surface area contributed by atoms with Crippen LogP contribution in [0.5, 0.6) is 0 Å². The van der Waals surface area contributed by atoms with Crippen molar-refractivity contribution in [1.82, 2.24) is 20.4 Å². The zero-order valence-electron chi connectivity index (χ0n) is 15.3. The van der Waals surface area contributed by atoms with Crippen LogP contribution < -0.4 is 5.32 Å². The van der Waals surface area contributed by atoms with E-state index in [1.165, 1.54) is 18.3 Å². The van der Waals surface area contributed by atoms with Crippen molar-refractivity contribution < 1.29 is 27.6 Å². The number of carbonyl (C=O) groups is 1. The first-order valence-electron chi connectivity index (χ1n) is 8.86. The van der Waals surface area contributed by atoms with Gasteiger partial charge in [0.25, 0.3) is 11.8 Å². The molecule has 0 bridgehead atoms. The number of rotatable bonds is 5. The van der Waals surface area contributed by atoms with E-state index in [1.54, 1.807) is 12.1 Å². The average Bonchev–Trinajstić information content (AvgIpc) is 3.39. The zero-order chi connectivity index (χ0) is 21.3. The van der Waals surface area contributed by atoms with Crippen LogP contribution in [0.3, 0.4) is 0 Å². The molecular formula is C20H15F3N4O3. The summed E-state index contributed by atoms with van der Waals surface area (Å²) in [6.45, 7) is -0.543. The number of carbonyl (C=O) groups excluding carboxylic acids is 1. The van der Waals surface area contributed by atoms with Crippen molar-refractivity contribution in [2.75, 3.05) is 6.61 Å². The van der Waals surface area contributed by atoms with Crippen LogP contribution >= 0.6 is 0 Å². The number of aliphatic hydroxyl groups is 1. The molecule has 10 heteroatoms.